The van der Waals surface area contributed by atoms with Crippen LogP contribution in [0.3, 0.4) is 0 Å². The maximum atomic E-state index is 12.6. The molecule has 4 heteroatoms. The number of hydrogen-bond acceptors (Lipinski definition) is 3. The van der Waals surface area contributed by atoms with Gasteiger partial charge in [0.05, 0.1) is 17.0 Å². The van der Waals surface area contributed by atoms with Crippen molar-refractivity contribution in [1.82, 2.24) is 0 Å². The lowest BCUT2D eigenvalue weighted by atomic mass is 9.81. The van der Waals surface area contributed by atoms with Crippen molar-refractivity contribution >= 4 is 11.6 Å². The standard InChI is InChI=1S/C15H21N3O/c1-4-15(5-2,11-17)14(19)18(3)13-8-6-7-12(9-13)10-16/h6-9H,4-5,11,17H2,1-3H3. The maximum absolute atomic E-state index is 12.6. The molecule has 0 aliphatic heterocycles. The van der Waals surface area contributed by atoms with Crippen LogP contribution in [0.5, 0.6) is 0 Å². The van der Waals surface area contributed by atoms with Crippen LogP contribution in [0.1, 0.15) is 32.3 Å². The number of carbonyl (C=O) groups is 1. The van der Waals surface area contributed by atoms with E-state index in [1.807, 2.05) is 19.9 Å². The van der Waals surface area contributed by atoms with Crippen LogP contribution in [0, 0.1) is 16.7 Å². The molecule has 0 spiro atoms. The highest BCUT2D eigenvalue weighted by atomic mass is 16.2. The molecule has 2 N–H and O–H groups in total. The summed E-state index contributed by atoms with van der Waals surface area (Å²) in [7, 11) is 1.73. The van der Waals surface area contributed by atoms with Gasteiger partial charge in [0.1, 0.15) is 0 Å². The van der Waals surface area contributed by atoms with E-state index >= 15 is 0 Å². The summed E-state index contributed by atoms with van der Waals surface area (Å²) < 4.78 is 0. The summed E-state index contributed by atoms with van der Waals surface area (Å²) in [5.41, 5.74) is 6.56. The number of benzene rings is 1. The molecule has 0 aliphatic rings. The largest absolute Gasteiger partial charge is 0.329 e. The van der Waals surface area contributed by atoms with Crippen molar-refractivity contribution in [2.24, 2.45) is 11.1 Å². The number of nitrogens with two attached hydrogens (primary N) is 1. The molecule has 0 aromatic heterocycles. The van der Waals surface area contributed by atoms with Gasteiger partial charge in [-0.05, 0) is 31.0 Å². The number of amides is 1. The average molecular weight is 259 g/mol. The molecule has 0 saturated heterocycles. The SMILES string of the molecule is CCC(CC)(CN)C(=O)N(C)c1cccc(C#N)c1. The zero-order valence-electron chi connectivity index (χ0n) is 11.8. The van der Waals surface area contributed by atoms with E-state index in [0.29, 0.717) is 24.9 Å². The first-order valence-corrected chi connectivity index (χ1v) is 6.53. The van der Waals surface area contributed by atoms with Crippen LogP contribution in [-0.4, -0.2) is 19.5 Å². The molecule has 1 amide bonds. The second-order valence-corrected chi connectivity index (χ2v) is 4.72. The van der Waals surface area contributed by atoms with E-state index in [0.717, 1.165) is 5.69 Å². The van der Waals surface area contributed by atoms with Crippen LogP contribution in [-0.2, 0) is 4.79 Å². The highest BCUT2D eigenvalue weighted by Gasteiger charge is 2.36. The van der Waals surface area contributed by atoms with Crippen LogP contribution in [0.2, 0.25) is 0 Å². The second-order valence-electron chi connectivity index (χ2n) is 4.72. The van der Waals surface area contributed by atoms with Crippen molar-refractivity contribution in [2.75, 3.05) is 18.5 Å². The quantitative estimate of drug-likeness (QED) is 0.882. The zero-order chi connectivity index (χ0) is 14.5. The predicted molar refractivity (Wildman–Crippen MR) is 76.6 cm³/mol. The Kier molecular flexibility index (Phi) is 5.08. The molecule has 0 bridgehead atoms. The molecule has 0 radical (unpaired) electrons. The Labute approximate surface area is 114 Å². The van der Waals surface area contributed by atoms with Crippen LogP contribution in [0.25, 0.3) is 0 Å². The lowest BCUT2D eigenvalue weighted by Gasteiger charge is -2.33. The number of nitriles is 1. The molecular formula is C15H21N3O. The van der Waals surface area contributed by atoms with Crippen LogP contribution in [0.15, 0.2) is 24.3 Å². The van der Waals surface area contributed by atoms with E-state index in [2.05, 4.69) is 6.07 Å². The van der Waals surface area contributed by atoms with E-state index < -0.39 is 5.41 Å². The van der Waals surface area contributed by atoms with Gasteiger partial charge in [-0.2, -0.15) is 5.26 Å². The van der Waals surface area contributed by atoms with Crippen LogP contribution >= 0.6 is 0 Å². The van der Waals surface area contributed by atoms with E-state index in [1.165, 1.54) is 0 Å². The Hall–Kier alpha value is -1.86. The molecule has 0 saturated carbocycles. The Balaban J connectivity index is 3.08. The van der Waals surface area contributed by atoms with Crippen LogP contribution < -0.4 is 10.6 Å². The predicted octanol–water partition coefficient (Wildman–Crippen LogP) is 2.29. The third kappa shape index (κ3) is 2.94. The molecule has 102 valence electrons. The highest BCUT2D eigenvalue weighted by Crippen LogP contribution is 2.29. The fourth-order valence-electron chi connectivity index (χ4n) is 2.19. The first-order chi connectivity index (χ1) is 9.04. The minimum atomic E-state index is -0.516. The third-order valence-electron chi connectivity index (χ3n) is 3.87. The summed E-state index contributed by atoms with van der Waals surface area (Å²) in [6.07, 6.45) is 1.42. The van der Waals surface area contributed by atoms with E-state index in [4.69, 9.17) is 11.0 Å². The molecule has 19 heavy (non-hydrogen) atoms. The smallest absolute Gasteiger partial charge is 0.234 e. The molecule has 0 aliphatic carbocycles. The minimum absolute atomic E-state index is 0.00934. The van der Waals surface area contributed by atoms with Gasteiger partial charge in [-0.25, -0.2) is 0 Å². The first-order valence-electron chi connectivity index (χ1n) is 6.53. The number of carbonyl (C=O) groups excluding carboxylic acids is 1. The fraction of sp³-hybridized carbons (Fsp3) is 0.467. The van der Waals surface area contributed by atoms with Gasteiger partial charge in [0.15, 0.2) is 0 Å². The summed E-state index contributed by atoms with van der Waals surface area (Å²) in [5, 5.41) is 8.91. The van der Waals surface area contributed by atoms with E-state index in [9.17, 15) is 4.79 Å². The Morgan fingerprint density at radius 1 is 1.42 bits per heavy atom. The fourth-order valence-corrected chi connectivity index (χ4v) is 2.19. The Morgan fingerprint density at radius 3 is 2.53 bits per heavy atom. The van der Waals surface area contributed by atoms with E-state index in [1.54, 1.807) is 30.1 Å². The molecule has 0 fully saturated rings. The van der Waals surface area contributed by atoms with Gasteiger partial charge in [-0.1, -0.05) is 19.9 Å². The van der Waals surface area contributed by atoms with E-state index in [-0.39, 0.29) is 5.91 Å². The second kappa shape index (κ2) is 6.35. The van der Waals surface area contributed by atoms with Crippen molar-refractivity contribution in [1.29, 1.82) is 5.26 Å². The number of hydrogen-bond donors (Lipinski definition) is 1. The molecule has 1 aromatic rings. The van der Waals surface area contributed by atoms with Crippen molar-refractivity contribution < 1.29 is 4.79 Å². The number of rotatable bonds is 5. The molecule has 1 aromatic carbocycles. The van der Waals surface area contributed by atoms with Gasteiger partial charge >= 0.3 is 0 Å². The van der Waals surface area contributed by atoms with Crippen LogP contribution in [0.4, 0.5) is 5.69 Å². The Morgan fingerprint density at radius 2 is 2.05 bits per heavy atom. The summed E-state index contributed by atoms with van der Waals surface area (Å²) >= 11 is 0. The topological polar surface area (TPSA) is 70.1 Å². The molecule has 1 rings (SSSR count). The Bertz CT molecular complexity index is 478. The van der Waals surface area contributed by atoms with Crippen molar-refractivity contribution in [2.45, 2.75) is 26.7 Å². The summed E-state index contributed by atoms with van der Waals surface area (Å²) in [6, 6.07) is 9.11. The number of nitrogens with zero attached hydrogens (tertiary/aromatic N) is 2. The zero-order valence-corrected chi connectivity index (χ0v) is 11.8. The van der Waals surface area contributed by atoms with Gasteiger partial charge in [0.2, 0.25) is 5.91 Å². The monoisotopic (exact) mass is 259 g/mol. The highest BCUT2D eigenvalue weighted by molar-refractivity contribution is 5.97. The lowest BCUT2D eigenvalue weighted by Crippen LogP contribution is -2.46. The summed E-state index contributed by atoms with van der Waals surface area (Å²) in [4.78, 5) is 14.2. The molecule has 0 unspecified atom stereocenters. The van der Waals surface area contributed by atoms with Gasteiger partial charge in [-0.15, -0.1) is 0 Å². The minimum Gasteiger partial charge on any atom is -0.329 e. The van der Waals surface area contributed by atoms with Gasteiger partial charge in [-0.3, -0.25) is 4.79 Å². The average Bonchev–Trinajstić information content (AvgIpc) is 2.48. The first kappa shape index (κ1) is 15.2. The lowest BCUT2D eigenvalue weighted by molar-refractivity contribution is -0.127. The van der Waals surface area contributed by atoms with Crippen molar-refractivity contribution in [3.63, 3.8) is 0 Å². The molecule has 0 atom stereocenters. The molecular weight excluding hydrogens is 238 g/mol. The van der Waals surface area contributed by atoms with Crippen molar-refractivity contribution in [3.8, 4) is 6.07 Å². The normalized spacial score (nSPS) is 10.9. The summed E-state index contributed by atoms with van der Waals surface area (Å²) in [5.74, 6) is 0.00934. The van der Waals surface area contributed by atoms with Gasteiger partial charge in [0.25, 0.3) is 0 Å². The van der Waals surface area contributed by atoms with Gasteiger partial charge < -0.3 is 10.6 Å². The summed E-state index contributed by atoms with van der Waals surface area (Å²) in [6.45, 7) is 4.29. The maximum Gasteiger partial charge on any atom is 0.234 e. The van der Waals surface area contributed by atoms with Gasteiger partial charge in [0, 0.05) is 19.3 Å². The third-order valence-corrected chi connectivity index (χ3v) is 3.87. The van der Waals surface area contributed by atoms with Crippen molar-refractivity contribution in [3.05, 3.63) is 29.8 Å². The molecule has 0 heterocycles. The molecule has 4 nitrogen and oxygen atoms in total. The number of anilines is 1.